The second-order valence-corrected chi connectivity index (χ2v) is 4.77. The van der Waals surface area contributed by atoms with E-state index in [-0.39, 0.29) is 0 Å². The normalized spacial score (nSPS) is 17.0. The van der Waals surface area contributed by atoms with Crippen LogP contribution in [0.2, 0.25) is 0 Å². The predicted octanol–water partition coefficient (Wildman–Crippen LogP) is 2.84. The highest BCUT2D eigenvalue weighted by Crippen LogP contribution is 2.53. The summed E-state index contributed by atoms with van der Waals surface area (Å²) in [6.07, 6.45) is 1.55. The fraction of sp³-hybridized carbons (Fsp3) is 0.500. The van der Waals surface area contributed by atoms with Crippen LogP contribution < -0.4 is 9.47 Å². The number of methoxy groups -OCH3 is 1. The van der Waals surface area contributed by atoms with Crippen molar-refractivity contribution in [2.75, 3.05) is 13.7 Å². The van der Waals surface area contributed by atoms with E-state index in [0.29, 0.717) is 18.1 Å². The largest absolute Gasteiger partial charge is 0.493 e. The Balaban J connectivity index is 2.54. The molecule has 0 unspecified atom stereocenters. The molecule has 3 nitrogen and oxygen atoms in total. The lowest BCUT2D eigenvalue weighted by Crippen LogP contribution is -2.10. The van der Waals surface area contributed by atoms with Gasteiger partial charge in [-0.15, -0.1) is 0 Å². The summed E-state index contributed by atoms with van der Waals surface area (Å²) < 4.78 is 11.7. The minimum atomic E-state index is -0.738. The Morgan fingerprint density at radius 3 is 2.62 bits per heavy atom. The van der Waals surface area contributed by atoms with Crippen molar-refractivity contribution in [1.82, 2.24) is 0 Å². The molecule has 4 heteroatoms. The van der Waals surface area contributed by atoms with Gasteiger partial charge < -0.3 is 14.6 Å². The minimum absolute atomic E-state index is 0.551. The SMILES string of the molecule is CCOc1c(OC)ccc(Br)c1C1(O)CC1. The van der Waals surface area contributed by atoms with Gasteiger partial charge in [-0.05, 0) is 31.9 Å². The van der Waals surface area contributed by atoms with E-state index in [1.54, 1.807) is 7.11 Å². The number of hydrogen-bond donors (Lipinski definition) is 1. The van der Waals surface area contributed by atoms with Crippen molar-refractivity contribution in [3.05, 3.63) is 22.2 Å². The van der Waals surface area contributed by atoms with Crippen LogP contribution in [-0.2, 0) is 5.60 Å². The number of ether oxygens (including phenoxy) is 2. The van der Waals surface area contributed by atoms with Crippen LogP contribution in [0.15, 0.2) is 16.6 Å². The summed E-state index contributed by atoms with van der Waals surface area (Å²) in [5, 5.41) is 10.2. The molecular formula is C12H15BrO3. The van der Waals surface area contributed by atoms with E-state index in [9.17, 15) is 5.11 Å². The average molecular weight is 287 g/mol. The second-order valence-electron chi connectivity index (χ2n) is 3.92. The molecule has 0 aromatic heterocycles. The Hall–Kier alpha value is -0.740. The molecule has 1 N–H and O–H groups in total. The van der Waals surface area contributed by atoms with E-state index >= 15 is 0 Å². The molecule has 1 aliphatic carbocycles. The predicted molar refractivity (Wildman–Crippen MR) is 65.0 cm³/mol. The van der Waals surface area contributed by atoms with Crippen LogP contribution in [0.5, 0.6) is 11.5 Å². The van der Waals surface area contributed by atoms with E-state index in [1.165, 1.54) is 0 Å². The molecule has 0 aliphatic heterocycles. The maximum atomic E-state index is 10.2. The zero-order chi connectivity index (χ0) is 11.8. The van der Waals surface area contributed by atoms with Crippen molar-refractivity contribution < 1.29 is 14.6 Å². The van der Waals surface area contributed by atoms with E-state index in [2.05, 4.69) is 15.9 Å². The van der Waals surface area contributed by atoms with E-state index in [4.69, 9.17) is 9.47 Å². The first-order valence-electron chi connectivity index (χ1n) is 5.34. The van der Waals surface area contributed by atoms with Crippen LogP contribution >= 0.6 is 15.9 Å². The summed E-state index contributed by atoms with van der Waals surface area (Å²) in [7, 11) is 1.60. The summed E-state index contributed by atoms with van der Waals surface area (Å²) in [5.74, 6) is 1.32. The summed E-state index contributed by atoms with van der Waals surface area (Å²) >= 11 is 3.46. The fourth-order valence-corrected chi connectivity index (χ4v) is 2.47. The average Bonchev–Trinajstić information content (AvgIpc) is 2.98. The van der Waals surface area contributed by atoms with Crippen LogP contribution in [0.25, 0.3) is 0 Å². The lowest BCUT2D eigenvalue weighted by Gasteiger charge is -2.19. The maximum Gasteiger partial charge on any atom is 0.168 e. The summed E-state index contributed by atoms with van der Waals surface area (Å²) in [6.45, 7) is 2.47. The molecule has 1 saturated carbocycles. The molecule has 0 saturated heterocycles. The first-order valence-corrected chi connectivity index (χ1v) is 6.14. The molecule has 0 spiro atoms. The van der Waals surface area contributed by atoms with Gasteiger partial charge in [0, 0.05) is 10.0 Å². The number of rotatable bonds is 4. The van der Waals surface area contributed by atoms with Gasteiger partial charge in [-0.1, -0.05) is 15.9 Å². The highest BCUT2D eigenvalue weighted by atomic mass is 79.9. The van der Waals surface area contributed by atoms with Gasteiger partial charge in [0.25, 0.3) is 0 Å². The molecule has 1 aromatic rings. The van der Waals surface area contributed by atoms with Gasteiger partial charge in [0.1, 0.15) is 0 Å². The molecular weight excluding hydrogens is 272 g/mol. The van der Waals surface area contributed by atoms with Crippen LogP contribution in [0.1, 0.15) is 25.3 Å². The van der Waals surface area contributed by atoms with Gasteiger partial charge in [0.2, 0.25) is 0 Å². The van der Waals surface area contributed by atoms with Crippen molar-refractivity contribution in [3.63, 3.8) is 0 Å². The standard InChI is InChI=1S/C12H15BrO3/c1-3-16-11-9(15-2)5-4-8(13)10(11)12(14)6-7-12/h4-5,14H,3,6-7H2,1-2H3. The molecule has 0 bridgehead atoms. The molecule has 88 valence electrons. The highest BCUT2D eigenvalue weighted by Gasteiger charge is 2.46. The minimum Gasteiger partial charge on any atom is -0.493 e. The maximum absolute atomic E-state index is 10.2. The summed E-state index contributed by atoms with van der Waals surface area (Å²) in [4.78, 5) is 0. The van der Waals surface area contributed by atoms with Crippen molar-refractivity contribution in [1.29, 1.82) is 0 Å². The van der Waals surface area contributed by atoms with Crippen molar-refractivity contribution in [3.8, 4) is 11.5 Å². The third-order valence-electron chi connectivity index (χ3n) is 2.77. The zero-order valence-corrected chi connectivity index (χ0v) is 11.0. The summed E-state index contributed by atoms with van der Waals surface area (Å²) in [5.41, 5.74) is 0.0754. The van der Waals surface area contributed by atoms with Crippen LogP contribution in [0, 0.1) is 0 Å². The molecule has 1 fully saturated rings. The molecule has 0 radical (unpaired) electrons. The monoisotopic (exact) mass is 286 g/mol. The summed E-state index contributed by atoms with van der Waals surface area (Å²) in [6, 6.07) is 3.72. The van der Waals surface area contributed by atoms with Crippen molar-refractivity contribution in [2.24, 2.45) is 0 Å². The smallest absolute Gasteiger partial charge is 0.168 e. The number of benzene rings is 1. The quantitative estimate of drug-likeness (QED) is 0.925. The Morgan fingerprint density at radius 2 is 2.12 bits per heavy atom. The van der Waals surface area contributed by atoms with Crippen molar-refractivity contribution in [2.45, 2.75) is 25.4 Å². The Morgan fingerprint density at radius 1 is 1.44 bits per heavy atom. The molecule has 1 aliphatic rings. The van der Waals surface area contributed by atoms with Crippen LogP contribution in [0.3, 0.4) is 0 Å². The van der Waals surface area contributed by atoms with E-state index < -0.39 is 5.60 Å². The molecule has 0 heterocycles. The van der Waals surface area contributed by atoms with E-state index in [1.807, 2.05) is 19.1 Å². The second kappa shape index (κ2) is 4.26. The highest BCUT2D eigenvalue weighted by molar-refractivity contribution is 9.10. The lowest BCUT2D eigenvalue weighted by molar-refractivity contribution is 0.144. The molecule has 2 rings (SSSR count). The topological polar surface area (TPSA) is 38.7 Å². The fourth-order valence-electron chi connectivity index (χ4n) is 1.79. The van der Waals surface area contributed by atoms with Crippen LogP contribution in [-0.4, -0.2) is 18.8 Å². The number of aliphatic hydroxyl groups is 1. The number of hydrogen-bond acceptors (Lipinski definition) is 3. The third-order valence-corrected chi connectivity index (χ3v) is 3.43. The Labute approximate surface area is 104 Å². The van der Waals surface area contributed by atoms with Gasteiger partial charge in [0.15, 0.2) is 11.5 Å². The van der Waals surface area contributed by atoms with Gasteiger partial charge >= 0.3 is 0 Å². The first-order chi connectivity index (χ1) is 7.62. The van der Waals surface area contributed by atoms with Crippen LogP contribution in [0.4, 0.5) is 0 Å². The molecule has 0 amide bonds. The van der Waals surface area contributed by atoms with Gasteiger partial charge in [-0.2, -0.15) is 0 Å². The Kier molecular flexibility index (Phi) is 3.13. The van der Waals surface area contributed by atoms with Gasteiger partial charge in [-0.3, -0.25) is 0 Å². The lowest BCUT2D eigenvalue weighted by atomic mass is 10.1. The molecule has 1 aromatic carbocycles. The third kappa shape index (κ3) is 1.92. The zero-order valence-electron chi connectivity index (χ0n) is 9.42. The van der Waals surface area contributed by atoms with Crippen molar-refractivity contribution >= 4 is 15.9 Å². The van der Waals surface area contributed by atoms with Gasteiger partial charge in [0.05, 0.1) is 19.3 Å². The van der Waals surface area contributed by atoms with Gasteiger partial charge in [-0.25, -0.2) is 0 Å². The molecule has 16 heavy (non-hydrogen) atoms. The number of halogens is 1. The molecule has 0 atom stereocenters. The first kappa shape index (κ1) is 11.7. The Bertz CT molecular complexity index is 399. The van der Waals surface area contributed by atoms with E-state index in [0.717, 1.165) is 22.9 Å².